The quantitative estimate of drug-likeness (QED) is 0.399. The van der Waals surface area contributed by atoms with Crippen molar-refractivity contribution < 1.29 is 31.7 Å². The fourth-order valence-corrected chi connectivity index (χ4v) is 3.09. The SMILES string of the molecule is O=C(N/N=C\c1ccc(S(=O)(=O)[O-])o1)[C@H]1COc2cc3ccccc3cc2O1. The summed E-state index contributed by atoms with van der Waals surface area (Å²) in [7, 11) is -4.69. The number of hydrazone groups is 1. The zero-order valence-electron chi connectivity index (χ0n) is 14.2. The van der Waals surface area contributed by atoms with Crippen LogP contribution in [0.15, 0.2) is 63.1 Å². The van der Waals surface area contributed by atoms with E-state index in [0.29, 0.717) is 11.5 Å². The van der Waals surface area contributed by atoms with Gasteiger partial charge in [0, 0.05) is 0 Å². The van der Waals surface area contributed by atoms with Gasteiger partial charge in [-0.25, -0.2) is 13.8 Å². The zero-order chi connectivity index (χ0) is 19.7. The third kappa shape index (κ3) is 3.68. The van der Waals surface area contributed by atoms with E-state index in [4.69, 9.17) is 13.9 Å². The van der Waals surface area contributed by atoms with Gasteiger partial charge in [-0.15, -0.1) is 0 Å². The summed E-state index contributed by atoms with van der Waals surface area (Å²) < 4.78 is 48.6. The number of nitrogens with zero attached hydrogens (tertiary/aromatic N) is 1. The first-order chi connectivity index (χ1) is 13.4. The van der Waals surface area contributed by atoms with Crippen molar-refractivity contribution in [3.05, 3.63) is 54.3 Å². The number of nitrogens with one attached hydrogen (secondary N) is 1. The Morgan fingerprint density at radius 2 is 1.86 bits per heavy atom. The molecule has 0 radical (unpaired) electrons. The first kappa shape index (κ1) is 18.0. The molecule has 0 unspecified atom stereocenters. The van der Waals surface area contributed by atoms with Crippen LogP contribution in [0.3, 0.4) is 0 Å². The molecular weight excluding hydrogens is 388 g/mol. The Hall–Kier alpha value is -3.37. The summed E-state index contributed by atoms with van der Waals surface area (Å²) in [6.07, 6.45) is 0.151. The molecule has 1 aromatic heterocycles. The van der Waals surface area contributed by atoms with Crippen molar-refractivity contribution in [2.24, 2.45) is 5.10 Å². The molecule has 3 aromatic rings. The van der Waals surface area contributed by atoms with Gasteiger partial charge >= 0.3 is 0 Å². The molecule has 1 atom stereocenters. The normalized spacial score (nSPS) is 16.4. The fourth-order valence-electron chi connectivity index (χ4n) is 2.65. The lowest BCUT2D eigenvalue weighted by atomic mass is 10.1. The van der Waals surface area contributed by atoms with Crippen LogP contribution in [0, 0.1) is 0 Å². The van der Waals surface area contributed by atoms with Crippen molar-refractivity contribution in [1.82, 2.24) is 5.43 Å². The Kier molecular flexibility index (Phi) is 4.49. The standard InChI is InChI=1S/C18H14N2O7S/c21-18(20-19-9-13-5-6-17(26-13)28(22,23)24)16-10-25-14-7-11-3-1-2-4-12(11)8-15(14)27-16/h1-9,16H,10H2,(H,20,21)(H,22,23,24)/p-1/b19-9-/t16-/m1/s1. The number of carbonyl (C=O) groups is 1. The smallest absolute Gasteiger partial charge is 0.284 e. The van der Waals surface area contributed by atoms with E-state index in [1.165, 1.54) is 6.07 Å². The molecule has 4 rings (SSSR count). The Morgan fingerprint density at radius 3 is 2.54 bits per heavy atom. The van der Waals surface area contributed by atoms with Gasteiger partial charge in [-0.2, -0.15) is 5.10 Å². The number of fused-ring (bicyclic) bond motifs is 2. The predicted molar refractivity (Wildman–Crippen MR) is 96.3 cm³/mol. The number of rotatable bonds is 4. The van der Waals surface area contributed by atoms with Crippen LogP contribution in [0.2, 0.25) is 0 Å². The van der Waals surface area contributed by atoms with Crippen LogP contribution in [0.4, 0.5) is 0 Å². The monoisotopic (exact) mass is 401 g/mol. The van der Waals surface area contributed by atoms with Crippen LogP contribution in [0.1, 0.15) is 5.76 Å². The van der Waals surface area contributed by atoms with E-state index < -0.39 is 27.2 Å². The maximum atomic E-state index is 12.2. The fraction of sp³-hybridized carbons (Fsp3) is 0.111. The molecular formula is C18H13N2O7S-. The van der Waals surface area contributed by atoms with E-state index in [1.807, 2.05) is 30.3 Å². The van der Waals surface area contributed by atoms with E-state index in [2.05, 4.69) is 10.5 Å². The summed E-state index contributed by atoms with van der Waals surface area (Å²) in [5.74, 6) is 0.434. The maximum Gasteiger partial charge on any atom is 0.284 e. The highest BCUT2D eigenvalue weighted by molar-refractivity contribution is 7.85. The summed E-state index contributed by atoms with van der Waals surface area (Å²) in [6.45, 7) is 0.00597. The van der Waals surface area contributed by atoms with Crippen molar-refractivity contribution >= 4 is 33.0 Å². The summed E-state index contributed by atoms with van der Waals surface area (Å²) in [6, 6.07) is 13.6. The number of carbonyl (C=O) groups excluding carboxylic acids is 1. The Morgan fingerprint density at radius 1 is 1.14 bits per heavy atom. The molecule has 2 aromatic carbocycles. The van der Waals surface area contributed by atoms with Crippen molar-refractivity contribution in [2.75, 3.05) is 6.61 Å². The molecule has 28 heavy (non-hydrogen) atoms. The number of hydrogen-bond acceptors (Lipinski definition) is 8. The van der Waals surface area contributed by atoms with Crippen molar-refractivity contribution in [3.63, 3.8) is 0 Å². The molecule has 10 heteroatoms. The lowest BCUT2D eigenvalue weighted by molar-refractivity contribution is -0.130. The lowest BCUT2D eigenvalue weighted by Gasteiger charge is -2.25. The van der Waals surface area contributed by atoms with Crippen molar-refractivity contribution in [2.45, 2.75) is 11.2 Å². The largest absolute Gasteiger partial charge is 0.742 e. The van der Waals surface area contributed by atoms with Crippen LogP contribution >= 0.6 is 0 Å². The second kappa shape index (κ2) is 6.98. The second-order valence-electron chi connectivity index (χ2n) is 5.91. The minimum absolute atomic E-state index is 0.00597. The molecule has 0 fully saturated rings. The van der Waals surface area contributed by atoms with E-state index in [-0.39, 0.29) is 12.4 Å². The van der Waals surface area contributed by atoms with Gasteiger partial charge in [0.2, 0.25) is 11.2 Å². The van der Waals surface area contributed by atoms with E-state index in [0.717, 1.165) is 23.1 Å². The number of hydrogen-bond donors (Lipinski definition) is 1. The van der Waals surface area contributed by atoms with Crippen LogP contribution in [-0.2, 0) is 14.9 Å². The molecule has 9 nitrogen and oxygen atoms in total. The van der Waals surface area contributed by atoms with Gasteiger partial charge in [-0.3, -0.25) is 4.79 Å². The Balaban J connectivity index is 1.42. The van der Waals surface area contributed by atoms with Crippen LogP contribution in [0.25, 0.3) is 10.8 Å². The van der Waals surface area contributed by atoms with Gasteiger partial charge in [-0.05, 0) is 35.0 Å². The number of furan rings is 1. The van der Waals surface area contributed by atoms with Crippen LogP contribution in [0.5, 0.6) is 11.5 Å². The molecule has 0 aliphatic carbocycles. The Labute approximate surface area is 159 Å². The topological polar surface area (TPSA) is 130 Å². The average molecular weight is 401 g/mol. The summed E-state index contributed by atoms with van der Waals surface area (Å²) >= 11 is 0. The first-order valence-electron chi connectivity index (χ1n) is 8.11. The molecule has 0 saturated heterocycles. The third-order valence-corrected chi connectivity index (χ3v) is 4.69. The minimum Gasteiger partial charge on any atom is -0.742 e. The average Bonchev–Trinajstić information content (AvgIpc) is 3.15. The summed E-state index contributed by atoms with van der Waals surface area (Å²) in [5.41, 5.74) is 2.25. The lowest BCUT2D eigenvalue weighted by Crippen LogP contribution is -2.42. The minimum atomic E-state index is -4.69. The number of amides is 1. The molecule has 144 valence electrons. The molecule has 1 aliphatic rings. The molecule has 1 aliphatic heterocycles. The van der Waals surface area contributed by atoms with Gasteiger partial charge in [0.15, 0.2) is 21.6 Å². The van der Waals surface area contributed by atoms with E-state index in [9.17, 15) is 17.8 Å². The number of ether oxygens (including phenoxy) is 2. The highest BCUT2D eigenvalue weighted by Gasteiger charge is 2.27. The first-order valence-corrected chi connectivity index (χ1v) is 9.52. The van der Waals surface area contributed by atoms with Crippen molar-refractivity contribution in [1.29, 1.82) is 0 Å². The van der Waals surface area contributed by atoms with Gasteiger partial charge in [-0.1, -0.05) is 24.3 Å². The van der Waals surface area contributed by atoms with Crippen molar-refractivity contribution in [3.8, 4) is 11.5 Å². The van der Waals surface area contributed by atoms with Gasteiger partial charge in [0.25, 0.3) is 5.91 Å². The predicted octanol–water partition coefficient (Wildman–Crippen LogP) is 1.63. The zero-order valence-corrected chi connectivity index (χ0v) is 15.0. The maximum absolute atomic E-state index is 12.2. The summed E-state index contributed by atoms with van der Waals surface area (Å²) in [5, 5.41) is 4.88. The van der Waals surface area contributed by atoms with Gasteiger partial charge < -0.3 is 18.4 Å². The Bertz CT molecular complexity index is 1180. The highest BCUT2D eigenvalue weighted by Crippen LogP contribution is 2.35. The van der Waals surface area contributed by atoms with Gasteiger partial charge in [0.1, 0.15) is 12.4 Å². The summed E-state index contributed by atoms with van der Waals surface area (Å²) in [4.78, 5) is 12.2. The highest BCUT2D eigenvalue weighted by atomic mass is 32.2. The van der Waals surface area contributed by atoms with Crippen LogP contribution in [-0.4, -0.2) is 37.8 Å². The van der Waals surface area contributed by atoms with Crippen LogP contribution < -0.4 is 14.9 Å². The molecule has 1 amide bonds. The number of benzene rings is 2. The molecule has 2 heterocycles. The molecule has 0 bridgehead atoms. The van der Waals surface area contributed by atoms with E-state index in [1.54, 1.807) is 6.07 Å². The second-order valence-corrected chi connectivity index (χ2v) is 7.22. The molecule has 0 saturated carbocycles. The molecule has 1 N–H and O–H groups in total. The third-order valence-electron chi connectivity index (χ3n) is 3.98. The molecule has 0 spiro atoms. The van der Waals surface area contributed by atoms with Gasteiger partial charge in [0.05, 0.1) is 6.21 Å². The van der Waals surface area contributed by atoms with E-state index >= 15 is 0 Å².